The van der Waals surface area contributed by atoms with E-state index in [1.54, 1.807) is 23.7 Å². The molecule has 0 amide bonds. The highest BCUT2D eigenvalue weighted by atomic mass is 35.5. The van der Waals surface area contributed by atoms with Gasteiger partial charge in [0.15, 0.2) is 0 Å². The fraction of sp³-hybridized carbons (Fsp3) is 0.0870. The summed E-state index contributed by atoms with van der Waals surface area (Å²) < 4.78 is 1.87. The molecule has 0 spiro atoms. The number of rotatable bonds is 4. The van der Waals surface area contributed by atoms with Crippen LogP contribution in [0.3, 0.4) is 0 Å². The molecule has 4 aromatic rings. The summed E-state index contributed by atoms with van der Waals surface area (Å²) in [5, 5.41) is 7.50. The maximum Gasteiger partial charge on any atom is 0.211 e. The maximum atomic E-state index is 6.07. The molecule has 0 aliphatic heterocycles. The minimum atomic E-state index is 0.705. The van der Waals surface area contributed by atoms with Crippen LogP contribution in [0.25, 0.3) is 11.3 Å². The molecule has 0 saturated carbocycles. The van der Waals surface area contributed by atoms with Crippen LogP contribution in [-0.4, -0.2) is 15.9 Å². The van der Waals surface area contributed by atoms with Gasteiger partial charge in [0.2, 0.25) is 4.80 Å². The van der Waals surface area contributed by atoms with Crippen LogP contribution in [0.4, 0.5) is 5.69 Å². The normalized spacial score (nSPS) is 12.0. The van der Waals surface area contributed by atoms with Crippen molar-refractivity contribution in [1.29, 1.82) is 0 Å². The maximum absolute atomic E-state index is 6.07. The Morgan fingerprint density at radius 3 is 2.52 bits per heavy atom. The zero-order chi connectivity index (χ0) is 20.2. The molecule has 0 bridgehead atoms. The summed E-state index contributed by atoms with van der Waals surface area (Å²) in [6.07, 6.45) is 5.32. The molecular weight excluding hydrogens is 400 g/mol. The number of aromatic nitrogens is 2. The number of benzene rings is 2. The standard InChI is InChI=1S/C23H19ClN4S/c1-16-4-3-5-21(17(16)2)27-23-28(26-14-18-10-12-25-13-11-18)22(15-29-23)19-6-8-20(24)9-7-19/h3-15H,1-2H3/b26-14-,27-23?. The summed E-state index contributed by atoms with van der Waals surface area (Å²) in [6, 6.07) is 17.7. The van der Waals surface area contributed by atoms with Gasteiger partial charge >= 0.3 is 0 Å². The third-order valence-electron chi connectivity index (χ3n) is 4.65. The number of aryl methyl sites for hydroxylation is 1. The number of hydrogen-bond donors (Lipinski definition) is 0. The van der Waals surface area contributed by atoms with Gasteiger partial charge in [-0.05, 0) is 60.9 Å². The Hall–Kier alpha value is -3.02. The SMILES string of the molecule is Cc1cccc(N=c2scc(-c3ccc(Cl)cc3)n2/N=C\c2ccncc2)c1C. The molecule has 0 radical (unpaired) electrons. The molecule has 29 heavy (non-hydrogen) atoms. The molecule has 0 unspecified atom stereocenters. The highest BCUT2D eigenvalue weighted by Crippen LogP contribution is 2.24. The largest absolute Gasteiger partial charge is 0.265 e. The number of hydrogen-bond acceptors (Lipinski definition) is 4. The van der Waals surface area contributed by atoms with E-state index in [2.05, 4.69) is 30.3 Å². The lowest BCUT2D eigenvalue weighted by molar-refractivity contribution is 0.854. The van der Waals surface area contributed by atoms with Crippen molar-refractivity contribution in [2.75, 3.05) is 0 Å². The molecule has 0 atom stereocenters. The van der Waals surface area contributed by atoms with Gasteiger partial charge in [0.05, 0.1) is 17.6 Å². The van der Waals surface area contributed by atoms with Gasteiger partial charge in [-0.1, -0.05) is 35.9 Å². The first-order valence-electron chi connectivity index (χ1n) is 9.13. The van der Waals surface area contributed by atoms with Crippen molar-refractivity contribution in [3.63, 3.8) is 0 Å². The van der Waals surface area contributed by atoms with Gasteiger partial charge in [-0.15, -0.1) is 11.3 Å². The van der Waals surface area contributed by atoms with E-state index in [1.807, 2.05) is 59.4 Å². The Morgan fingerprint density at radius 1 is 1.00 bits per heavy atom. The lowest BCUT2D eigenvalue weighted by Gasteiger charge is -2.05. The smallest absolute Gasteiger partial charge is 0.211 e. The molecule has 0 N–H and O–H groups in total. The Bertz CT molecular complexity index is 1220. The lowest BCUT2D eigenvalue weighted by atomic mass is 10.1. The molecule has 2 aromatic carbocycles. The first kappa shape index (κ1) is 19.3. The molecule has 4 rings (SSSR count). The van der Waals surface area contributed by atoms with Gasteiger partial charge in [0, 0.05) is 28.4 Å². The average Bonchev–Trinajstić information content (AvgIpc) is 3.13. The monoisotopic (exact) mass is 418 g/mol. The summed E-state index contributed by atoms with van der Waals surface area (Å²) in [7, 11) is 0. The molecular formula is C23H19ClN4S. The third-order valence-corrected chi connectivity index (χ3v) is 5.71. The van der Waals surface area contributed by atoms with E-state index in [1.165, 1.54) is 11.1 Å². The van der Waals surface area contributed by atoms with Gasteiger partial charge in [-0.25, -0.2) is 9.67 Å². The second kappa shape index (κ2) is 8.55. The highest BCUT2D eigenvalue weighted by Gasteiger charge is 2.08. The number of halogens is 1. The second-order valence-electron chi connectivity index (χ2n) is 6.58. The molecule has 2 heterocycles. The third kappa shape index (κ3) is 4.36. The van der Waals surface area contributed by atoms with Crippen molar-refractivity contribution in [3.8, 4) is 11.3 Å². The fourth-order valence-corrected chi connectivity index (χ4v) is 3.82. The van der Waals surface area contributed by atoms with Gasteiger partial charge < -0.3 is 0 Å². The molecule has 0 saturated heterocycles. The average molecular weight is 419 g/mol. The molecule has 6 heteroatoms. The summed E-state index contributed by atoms with van der Waals surface area (Å²) in [5.41, 5.74) is 6.29. The molecule has 0 fully saturated rings. The second-order valence-corrected chi connectivity index (χ2v) is 7.85. The molecule has 4 nitrogen and oxygen atoms in total. The zero-order valence-electron chi connectivity index (χ0n) is 16.1. The van der Waals surface area contributed by atoms with Crippen LogP contribution in [-0.2, 0) is 0 Å². The Labute approximate surface area is 178 Å². The predicted octanol–water partition coefficient (Wildman–Crippen LogP) is 6.00. The Balaban J connectivity index is 1.87. The van der Waals surface area contributed by atoms with Gasteiger partial charge in [-0.2, -0.15) is 5.10 Å². The van der Waals surface area contributed by atoms with Crippen molar-refractivity contribution < 1.29 is 0 Å². The Kier molecular flexibility index (Phi) is 5.69. The van der Waals surface area contributed by atoms with Crippen molar-refractivity contribution in [3.05, 3.63) is 98.9 Å². The van der Waals surface area contributed by atoms with Crippen LogP contribution in [0.5, 0.6) is 0 Å². The highest BCUT2D eigenvalue weighted by molar-refractivity contribution is 7.07. The molecule has 0 aliphatic carbocycles. The van der Waals surface area contributed by atoms with Gasteiger partial charge in [0.1, 0.15) is 0 Å². The summed E-state index contributed by atoms with van der Waals surface area (Å²) in [5.74, 6) is 0. The first-order chi connectivity index (χ1) is 14.1. The van der Waals surface area contributed by atoms with Crippen LogP contribution < -0.4 is 4.80 Å². The lowest BCUT2D eigenvalue weighted by Crippen LogP contribution is -2.11. The van der Waals surface area contributed by atoms with Crippen molar-refractivity contribution in [2.45, 2.75) is 13.8 Å². The minimum absolute atomic E-state index is 0.705. The first-order valence-corrected chi connectivity index (χ1v) is 10.4. The van der Waals surface area contributed by atoms with E-state index < -0.39 is 0 Å². The van der Waals surface area contributed by atoms with Crippen LogP contribution in [0.2, 0.25) is 5.02 Å². The quantitative estimate of drug-likeness (QED) is 0.375. The predicted molar refractivity (Wildman–Crippen MR) is 121 cm³/mol. The topological polar surface area (TPSA) is 42.5 Å². The van der Waals surface area contributed by atoms with Crippen molar-refractivity contribution in [1.82, 2.24) is 9.66 Å². The fourth-order valence-electron chi connectivity index (χ4n) is 2.84. The zero-order valence-corrected chi connectivity index (χ0v) is 17.7. The van der Waals surface area contributed by atoms with Gasteiger partial charge in [-0.3, -0.25) is 4.98 Å². The van der Waals surface area contributed by atoms with E-state index in [9.17, 15) is 0 Å². The molecule has 0 aliphatic rings. The number of thiazole rings is 1. The van der Waals surface area contributed by atoms with Crippen LogP contribution >= 0.6 is 22.9 Å². The van der Waals surface area contributed by atoms with E-state index in [0.717, 1.165) is 27.3 Å². The van der Waals surface area contributed by atoms with Crippen LogP contribution in [0.1, 0.15) is 16.7 Å². The van der Waals surface area contributed by atoms with E-state index >= 15 is 0 Å². The van der Waals surface area contributed by atoms with Crippen molar-refractivity contribution in [2.24, 2.45) is 10.1 Å². The van der Waals surface area contributed by atoms with E-state index in [0.29, 0.717) is 5.02 Å². The minimum Gasteiger partial charge on any atom is -0.265 e. The van der Waals surface area contributed by atoms with Crippen LogP contribution in [0.15, 0.2) is 82.5 Å². The van der Waals surface area contributed by atoms with E-state index in [4.69, 9.17) is 21.7 Å². The van der Waals surface area contributed by atoms with E-state index in [-0.39, 0.29) is 0 Å². The summed E-state index contributed by atoms with van der Waals surface area (Å²) in [4.78, 5) is 9.76. The number of nitrogens with zero attached hydrogens (tertiary/aromatic N) is 4. The Morgan fingerprint density at radius 2 is 1.76 bits per heavy atom. The summed E-state index contributed by atoms with van der Waals surface area (Å²) >= 11 is 7.62. The number of pyridine rings is 1. The summed E-state index contributed by atoms with van der Waals surface area (Å²) in [6.45, 7) is 4.18. The van der Waals surface area contributed by atoms with Crippen molar-refractivity contribution >= 4 is 34.8 Å². The molecule has 144 valence electrons. The molecule has 2 aromatic heterocycles. The van der Waals surface area contributed by atoms with Gasteiger partial charge in [0.25, 0.3) is 0 Å². The van der Waals surface area contributed by atoms with Crippen LogP contribution in [0, 0.1) is 13.8 Å².